The Kier molecular flexibility index (Phi) is 14.8. The van der Waals surface area contributed by atoms with Crippen molar-refractivity contribution in [2.24, 2.45) is 0 Å². The van der Waals surface area contributed by atoms with E-state index in [2.05, 4.69) is 100 Å². The molecule has 2 N–H and O–H groups in total. The molecule has 2 aliphatic rings. The van der Waals surface area contributed by atoms with E-state index in [1.54, 1.807) is 32.5 Å². The smallest absolute Gasteiger partial charge is 0.497 e. The molecule has 0 saturated carbocycles. The van der Waals surface area contributed by atoms with E-state index in [0.29, 0.717) is 62.8 Å². The molecular formula is C65H68NO13P3. The molecule has 0 aliphatic carbocycles. The predicted molar refractivity (Wildman–Crippen MR) is 325 cm³/mol. The van der Waals surface area contributed by atoms with E-state index in [-0.39, 0.29) is 24.7 Å². The van der Waals surface area contributed by atoms with Gasteiger partial charge in [0.25, 0.3) is 8.38 Å². The summed E-state index contributed by atoms with van der Waals surface area (Å²) >= 11 is 0. The Morgan fingerprint density at radius 1 is 0.549 bits per heavy atom. The molecule has 0 bridgehead atoms. The summed E-state index contributed by atoms with van der Waals surface area (Å²) in [5.41, 5.74) is 6.79. The van der Waals surface area contributed by atoms with Crippen LogP contribution < -0.4 is 32.1 Å². The molecule has 14 nitrogen and oxygen atoms in total. The summed E-state index contributed by atoms with van der Waals surface area (Å²) in [4.78, 5) is 17.8. The fraction of sp³-hybridized carbons (Fsp3) is 0.323. The quantitative estimate of drug-likeness (QED) is 0.0926. The van der Waals surface area contributed by atoms with E-state index < -0.39 is 52.8 Å². The van der Waals surface area contributed by atoms with Crippen molar-refractivity contribution in [2.75, 3.05) is 14.2 Å². The molecule has 2 aliphatic heterocycles. The van der Waals surface area contributed by atoms with Gasteiger partial charge in [-0.1, -0.05) is 107 Å². The van der Waals surface area contributed by atoms with Crippen LogP contribution in [0.25, 0.3) is 54.6 Å². The van der Waals surface area contributed by atoms with Gasteiger partial charge in [-0.2, -0.15) is 0 Å². The van der Waals surface area contributed by atoms with Gasteiger partial charge in [-0.3, -0.25) is 0 Å². The lowest BCUT2D eigenvalue weighted by molar-refractivity contribution is 0.0694. The number of benzene rings is 7. The minimum Gasteiger partial charge on any atom is -0.497 e. The van der Waals surface area contributed by atoms with Crippen LogP contribution in [0.15, 0.2) is 118 Å². The molecule has 2 atom stereocenters. The normalized spacial score (nSPS) is 15.4. The summed E-state index contributed by atoms with van der Waals surface area (Å²) in [7, 11) is -3.13. The summed E-state index contributed by atoms with van der Waals surface area (Å²) in [5, 5.41) is 26.0. The minimum absolute atomic E-state index is 0.130. The lowest BCUT2D eigenvalue weighted by Crippen LogP contribution is -2.19. The Balaban J connectivity index is 1.09. The highest BCUT2D eigenvalue weighted by Gasteiger charge is 2.39. The zero-order chi connectivity index (χ0) is 58.4. The molecular weight excluding hydrogens is 1100 g/mol. The topological polar surface area (TPSA) is 171 Å². The van der Waals surface area contributed by atoms with Gasteiger partial charge in [0.15, 0.2) is 5.75 Å². The number of ether oxygens (including phenoxy) is 2. The Hall–Kier alpha value is -7.04. The summed E-state index contributed by atoms with van der Waals surface area (Å²) < 4.78 is 66.8. The monoisotopic (exact) mass is 1160 g/mol. The van der Waals surface area contributed by atoms with Crippen LogP contribution in [0.5, 0.6) is 40.4 Å². The van der Waals surface area contributed by atoms with Gasteiger partial charge in [-0.05, 0) is 139 Å². The maximum atomic E-state index is 13.4. The zero-order valence-corrected chi connectivity index (χ0v) is 51.4. The van der Waals surface area contributed by atoms with Crippen molar-refractivity contribution in [3.63, 3.8) is 0 Å². The second kappa shape index (κ2) is 21.3. The number of methoxy groups -OCH3 is 2. The first kappa shape index (κ1) is 56.8. The minimum atomic E-state index is -2.32. The summed E-state index contributed by atoms with van der Waals surface area (Å²) in [6.45, 7) is 25.0. The maximum Gasteiger partial charge on any atom is 0.534 e. The fourth-order valence-corrected chi connectivity index (χ4v) is 14.3. The Morgan fingerprint density at radius 3 is 1.71 bits per heavy atom. The first-order valence-corrected chi connectivity index (χ1v) is 30.7. The van der Waals surface area contributed by atoms with Crippen molar-refractivity contribution in [1.29, 1.82) is 0 Å². The van der Waals surface area contributed by atoms with Gasteiger partial charge < -0.3 is 55.2 Å². The molecule has 82 heavy (non-hydrogen) atoms. The summed E-state index contributed by atoms with van der Waals surface area (Å²) in [6, 6.07) is 33.0. The van der Waals surface area contributed by atoms with Crippen LogP contribution in [0.2, 0.25) is 0 Å². The number of nitrogens with zero attached hydrogens (tertiary/aromatic N) is 1. The molecule has 17 heteroatoms. The highest BCUT2D eigenvalue weighted by molar-refractivity contribution is 7.47. The molecule has 9 aromatic rings. The van der Waals surface area contributed by atoms with E-state index >= 15 is 0 Å². The summed E-state index contributed by atoms with van der Waals surface area (Å²) in [5.74, 6) is 2.89. The van der Waals surface area contributed by atoms with Crippen LogP contribution in [0.3, 0.4) is 0 Å². The van der Waals surface area contributed by atoms with Gasteiger partial charge >= 0.3 is 22.8 Å². The van der Waals surface area contributed by atoms with Crippen molar-refractivity contribution in [3.8, 4) is 51.5 Å². The molecule has 4 heterocycles. The number of fused-ring (bicyclic) bond motifs is 6. The zero-order valence-electron chi connectivity index (χ0n) is 48.7. The van der Waals surface area contributed by atoms with Crippen molar-refractivity contribution >= 4 is 74.7 Å². The van der Waals surface area contributed by atoms with E-state index in [0.717, 1.165) is 71.4 Å². The SMILES string of the molecule is COc1cc(-c2cc(OC)cc(C(C)(C)C)c2OP2OC(=O)c3cccnc3O2)c(CP2Oc3cccc4cc5cccc(Op6oc7c(C(C)(C)C)cc(CO)cc7c7cc(CO)cc(C(C)(C)C)c7o6)c5c(c34)O2)c(C(C)(C)C)c1. The van der Waals surface area contributed by atoms with Crippen LogP contribution >= 0.6 is 25.2 Å². The van der Waals surface area contributed by atoms with Crippen molar-refractivity contribution < 1.29 is 60.0 Å². The number of carbonyl (C=O) groups excluding carboxylic acids is 1. The third-order valence-corrected chi connectivity index (χ3v) is 18.1. The largest absolute Gasteiger partial charge is 0.534 e. The molecule has 0 saturated heterocycles. The van der Waals surface area contributed by atoms with E-state index in [1.807, 2.05) is 78.9 Å². The molecule has 426 valence electrons. The number of hydrogen-bond donors (Lipinski definition) is 2. The fourth-order valence-electron chi connectivity index (χ4n) is 10.7. The maximum absolute atomic E-state index is 13.4. The number of pyridine rings is 1. The molecule has 11 rings (SSSR count). The van der Waals surface area contributed by atoms with E-state index in [9.17, 15) is 15.0 Å². The lowest BCUT2D eigenvalue weighted by Gasteiger charge is -2.32. The number of aliphatic hydroxyl groups excluding tert-OH is 2. The number of carbonyl (C=O) groups is 1. The van der Waals surface area contributed by atoms with Gasteiger partial charge in [-0.15, -0.1) is 0 Å². The second-order valence-corrected chi connectivity index (χ2v) is 28.2. The Labute approximate surface area is 481 Å². The Morgan fingerprint density at radius 2 is 1.12 bits per heavy atom. The molecule has 0 radical (unpaired) electrons. The predicted octanol–water partition coefficient (Wildman–Crippen LogP) is 17.8. The van der Waals surface area contributed by atoms with Crippen LogP contribution in [0, 0.1) is 0 Å². The second-order valence-electron chi connectivity index (χ2n) is 24.8. The molecule has 0 fully saturated rings. The van der Waals surface area contributed by atoms with Crippen LogP contribution in [-0.2, 0) is 45.6 Å². The van der Waals surface area contributed by atoms with E-state index in [4.69, 9.17) is 45.0 Å². The van der Waals surface area contributed by atoms with Gasteiger partial charge in [-0.25, -0.2) is 9.78 Å². The number of rotatable bonds is 11. The number of aliphatic hydroxyl groups is 2. The van der Waals surface area contributed by atoms with Crippen molar-refractivity contribution in [2.45, 2.75) is 124 Å². The molecule has 7 aromatic carbocycles. The van der Waals surface area contributed by atoms with Crippen LogP contribution in [-0.4, -0.2) is 35.4 Å². The average Bonchev–Trinajstić information content (AvgIpc) is 1.96. The lowest BCUT2D eigenvalue weighted by atomic mass is 9.79. The third kappa shape index (κ3) is 10.7. The molecule has 0 spiro atoms. The standard InChI is InChI=1S/C65H68NO13P3/c1-62(2,3)48-31-40(70-13)29-43(46-30-41(71-14)32-51(65(10,11)12)58(46)77-82-78-60-42(61(69)79-82)20-17-23-66-60)47(48)35-80-72-52-21-15-18-38-28-39-19-16-22-53(55(39)59(74-80)54(38)52)73-81-75-56-44(24-36(33-67)26-49(56)63(4,5)6)45-25-37(34-68)27-50(57(45)76-81)64(7,8)9/h15-32,67-68H,33-35H2,1-14H3. The van der Waals surface area contributed by atoms with Gasteiger partial charge in [0.1, 0.15) is 45.5 Å². The highest BCUT2D eigenvalue weighted by Crippen LogP contribution is 2.60. The highest BCUT2D eigenvalue weighted by atomic mass is 31.2. The van der Waals surface area contributed by atoms with Gasteiger partial charge in [0, 0.05) is 39.2 Å². The average molecular weight is 1160 g/mol. The van der Waals surface area contributed by atoms with Crippen molar-refractivity contribution in [3.05, 3.63) is 154 Å². The summed E-state index contributed by atoms with van der Waals surface area (Å²) in [6.07, 6.45) is 1.85. The molecule has 0 amide bonds. The van der Waals surface area contributed by atoms with Crippen LogP contribution in [0.4, 0.5) is 0 Å². The van der Waals surface area contributed by atoms with Crippen LogP contribution in [0.1, 0.15) is 132 Å². The Bertz CT molecular complexity index is 3990. The third-order valence-electron chi connectivity index (χ3n) is 14.8. The number of hydrogen-bond acceptors (Lipinski definition) is 14. The molecule has 2 unspecified atom stereocenters. The first-order chi connectivity index (χ1) is 38.8. The van der Waals surface area contributed by atoms with E-state index in [1.165, 1.54) is 0 Å². The first-order valence-electron chi connectivity index (χ1n) is 27.2. The van der Waals surface area contributed by atoms with Crippen molar-refractivity contribution in [1.82, 2.24) is 4.98 Å². The number of aromatic nitrogens is 1. The van der Waals surface area contributed by atoms with Gasteiger partial charge in [0.2, 0.25) is 5.88 Å². The molecule has 2 aromatic heterocycles. The van der Waals surface area contributed by atoms with Gasteiger partial charge in [0.05, 0.1) is 44.4 Å².